The van der Waals surface area contributed by atoms with Gasteiger partial charge in [-0.15, -0.1) is 0 Å². The first-order chi connectivity index (χ1) is 19.5. The van der Waals surface area contributed by atoms with E-state index in [4.69, 9.17) is 23.7 Å². The average Bonchev–Trinajstić information content (AvgIpc) is 3.10. The monoisotopic (exact) mass is 592 g/mol. The van der Waals surface area contributed by atoms with Gasteiger partial charge in [-0.05, 0) is 39.2 Å². The smallest absolute Gasteiger partial charge is 0.312 e. The van der Waals surface area contributed by atoms with Crippen LogP contribution in [0.5, 0.6) is 0 Å². The minimum atomic E-state index is -2.07. The van der Waals surface area contributed by atoms with Gasteiger partial charge in [0, 0.05) is 33.1 Å². The van der Waals surface area contributed by atoms with E-state index >= 15 is 0 Å². The summed E-state index contributed by atoms with van der Waals surface area (Å²) in [6, 6.07) is 0. The number of rotatable bonds is 6. The zero-order chi connectivity index (χ0) is 31.7. The molecule has 1 N–H and O–H groups in total. The van der Waals surface area contributed by atoms with Crippen LogP contribution in [0.1, 0.15) is 81.1 Å². The molecule has 234 valence electrons. The van der Waals surface area contributed by atoms with E-state index in [2.05, 4.69) is 6.58 Å². The molecular formula is C31H44O11. The molecule has 0 bridgehead atoms. The summed E-state index contributed by atoms with van der Waals surface area (Å²) in [6.07, 6.45) is -3.13. The highest BCUT2D eigenvalue weighted by atomic mass is 16.6. The predicted octanol–water partition coefficient (Wildman–Crippen LogP) is 3.35. The molecule has 2 fully saturated rings. The normalized spacial score (nSPS) is 38.4. The molecule has 3 aliphatic rings. The molecule has 1 saturated carbocycles. The van der Waals surface area contributed by atoms with Gasteiger partial charge in [0.15, 0.2) is 11.7 Å². The maximum Gasteiger partial charge on any atom is 0.312 e. The molecule has 2 aliphatic carbocycles. The molecule has 1 saturated heterocycles. The van der Waals surface area contributed by atoms with Gasteiger partial charge in [0.05, 0.1) is 17.3 Å². The molecule has 11 nitrogen and oxygen atoms in total. The first-order valence-electron chi connectivity index (χ1n) is 14.5. The van der Waals surface area contributed by atoms with Gasteiger partial charge < -0.3 is 28.8 Å². The molecule has 0 amide bonds. The van der Waals surface area contributed by atoms with Crippen molar-refractivity contribution in [2.75, 3.05) is 0 Å². The Balaban J connectivity index is 2.40. The number of allylic oxidation sites excluding steroid dienone is 1. The number of carbonyl (C=O) groups excluding carboxylic acids is 5. The van der Waals surface area contributed by atoms with Crippen LogP contribution in [0, 0.1) is 23.2 Å². The van der Waals surface area contributed by atoms with Crippen molar-refractivity contribution in [3.63, 3.8) is 0 Å². The first kappa shape index (κ1) is 33.3. The van der Waals surface area contributed by atoms with Crippen molar-refractivity contribution in [3.8, 4) is 0 Å². The van der Waals surface area contributed by atoms with Crippen LogP contribution in [-0.4, -0.2) is 71.1 Å². The number of carbonyl (C=O) groups is 5. The van der Waals surface area contributed by atoms with E-state index in [1.165, 1.54) is 27.7 Å². The van der Waals surface area contributed by atoms with Crippen molar-refractivity contribution in [2.24, 2.45) is 23.2 Å². The number of fused-ring (bicyclic) bond motifs is 2. The van der Waals surface area contributed by atoms with Crippen LogP contribution >= 0.6 is 0 Å². The van der Waals surface area contributed by atoms with Crippen molar-refractivity contribution >= 4 is 29.8 Å². The Morgan fingerprint density at radius 3 is 2.19 bits per heavy atom. The summed E-state index contributed by atoms with van der Waals surface area (Å²) in [5, 5.41) is 12.4. The Morgan fingerprint density at radius 2 is 1.64 bits per heavy atom. The molecule has 11 heteroatoms. The minimum Gasteiger partial charge on any atom is -0.461 e. The van der Waals surface area contributed by atoms with Gasteiger partial charge in [0.25, 0.3) is 0 Å². The van der Waals surface area contributed by atoms with Gasteiger partial charge in [0.1, 0.15) is 24.4 Å². The molecule has 0 aromatic rings. The molecule has 1 aliphatic heterocycles. The summed E-state index contributed by atoms with van der Waals surface area (Å²) in [5.74, 6) is -5.85. The summed E-state index contributed by atoms with van der Waals surface area (Å²) in [4.78, 5) is 63.6. The lowest BCUT2D eigenvalue weighted by atomic mass is 9.54. The van der Waals surface area contributed by atoms with Crippen LogP contribution in [0.4, 0.5) is 0 Å². The van der Waals surface area contributed by atoms with Gasteiger partial charge in [-0.2, -0.15) is 0 Å². The lowest BCUT2D eigenvalue weighted by molar-refractivity contribution is -0.236. The Labute approximate surface area is 246 Å². The number of hydrogen-bond acceptors (Lipinski definition) is 11. The molecule has 0 unspecified atom stereocenters. The van der Waals surface area contributed by atoms with E-state index < -0.39 is 89.1 Å². The number of esters is 5. The van der Waals surface area contributed by atoms with Crippen LogP contribution in [0.15, 0.2) is 23.8 Å². The van der Waals surface area contributed by atoms with Crippen LogP contribution in [0.3, 0.4) is 0 Å². The van der Waals surface area contributed by atoms with E-state index in [0.29, 0.717) is 18.4 Å². The highest BCUT2D eigenvalue weighted by Gasteiger charge is 2.69. The van der Waals surface area contributed by atoms with Crippen LogP contribution in [0.2, 0.25) is 0 Å². The van der Waals surface area contributed by atoms with Gasteiger partial charge in [-0.25, -0.2) is 0 Å². The third kappa shape index (κ3) is 6.11. The topological polar surface area (TPSA) is 152 Å². The largest absolute Gasteiger partial charge is 0.461 e. The van der Waals surface area contributed by atoms with Crippen LogP contribution in [-0.2, 0) is 47.7 Å². The summed E-state index contributed by atoms with van der Waals surface area (Å²) >= 11 is 0. The molecule has 0 aromatic heterocycles. The van der Waals surface area contributed by atoms with E-state index in [0.717, 1.165) is 5.57 Å². The maximum atomic E-state index is 13.3. The zero-order valence-electron chi connectivity index (χ0n) is 25.8. The van der Waals surface area contributed by atoms with Crippen LogP contribution < -0.4 is 0 Å². The molecule has 0 spiro atoms. The highest BCUT2D eigenvalue weighted by Crippen LogP contribution is 2.56. The third-order valence-electron chi connectivity index (χ3n) is 9.14. The first-order valence-corrected chi connectivity index (χ1v) is 14.5. The average molecular weight is 593 g/mol. The quantitative estimate of drug-likeness (QED) is 0.275. The van der Waals surface area contributed by atoms with Crippen molar-refractivity contribution < 1.29 is 52.8 Å². The molecular weight excluding hydrogens is 548 g/mol. The Kier molecular flexibility index (Phi) is 9.96. The molecule has 10 atom stereocenters. The molecule has 0 radical (unpaired) electrons. The fourth-order valence-corrected chi connectivity index (χ4v) is 6.69. The van der Waals surface area contributed by atoms with Crippen molar-refractivity contribution in [2.45, 2.75) is 117 Å². The van der Waals surface area contributed by atoms with E-state index in [1.807, 2.05) is 6.92 Å². The second kappa shape index (κ2) is 12.6. The predicted molar refractivity (Wildman–Crippen MR) is 148 cm³/mol. The standard InChI is InChI=1S/C31H44O11/c1-10-16(3)28(35)41-23-12-11-15(2)13-24-31(37,18(5)29(36)42-24)27(40-21(8)34)25-17(4)14-22(38-19(6)32)26(30(23,25)9)39-20(7)33/h13,16,18,22-27,37H,4,10-12,14H2,1-3,5-9H3/b15-13-/t16-,18-,22-,23-,24-,25+,26-,27-,30+,31-/m1/s1. The maximum absolute atomic E-state index is 13.3. The van der Waals surface area contributed by atoms with E-state index in [1.54, 1.807) is 26.8 Å². The third-order valence-corrected chi connectivity index (χ3v) is 9.14. The summed E-state index contributed by atoms with van der Waals surface area (Å²) in [6.45, 7) is 16.4. The highest BCUT2D eigenvalue weighted by molar-refractivity contribution is 5.78. The summed E-state index contributed by atoms with van der Waals surface area (Å²) in [5.41, 5.74) is -2.42. The van der Waals surface area contributed by atoms with E-state index in [9.17, 15) is 29.1 Å². The zero-order valence-corrected chi connectivity index (χ0v) is 25.8. The number of hydrogen-bond donors (Lipinski definition) is 1. The molecule has 42 heavy (non-hydrogen) atoms. The van der Waals surface area contributed by atoms with Crippen molar-refractivity contribution in [3.05, 3.63) is 23.8 Å². The number of aliphatic hydroxyl groups is 1. The Bertz CT molecular complexity index is 1160. The van der Waals surface area contributed by atoms with Gasteiger partial charge in [0.2, 0.25) is 0 Å². The second-order valence-corrected chi connectivity index (χ2v) is 12.2. The van der Waals surface area contributed by atoms with E-state index in [-0.39, 0.29) is 12.8 Å². The molecule has 3 rings (SSSR count). The summed E-state index contributed by atoms with van der Waals surface area (Å²) in [7, 11) is 0. The van der Waals surface area contributed by atoms with Gasteiger partial charge in [-0.1, -0.05) is 38.5 Å². The Morgan fingerprint density at radius 1 is 1.07 bits per heavy atom. The second-order valence-electron chi connectivity index (χ2n) is 12.2. The molecule has 0 aromatic carbocycles. The van der Waals surface area contributed by atoms with Crippen molar-refractivity contribution in [1.29, 1.82) is 0 Å². The lowest BCUT2D eigenvalue weighted by Crippen LogP contribution is -2.68. The minimum absolute atomic E-state index is 0.0135. The lowest BCUT2D eigenvalue weighted by Gasteiger charge is -2.57. The fourth-order valence-electron chi connectivity index (χ4n) is 6.69. The SMILES string of the molecule is C=C1C[C@@H](OC(C)=O)[C@@H](OC(C)=O)[C@@]2(C)[C@H](OC(=O)[C@H](C)CC)CC/C(C)=C\[C@H]3OC(=O)[C@@H](C)[C@]3(O)[C@H](OC(C)=O)[C@H]12. The van der Waals surface area contributed by atoms with Crippen molar-refractivity contribution in [1.82, 2.24) is 0 Å². The summed E-state index contributed by atoms with van der Waals surface area (Å²) < 4.78 is 29.2. The van der Waals surface area contributed by atoms with Crippen LogP contribution in [0.25, 0.3) is 0 Å². The number of ether oxygens (including phenoxy) is 5. The van der Waals surface area contributed by atoms with Gasteiger partial charge in [-0.3, -0.25) is 24.0 Å². The fraction of sp³-hybridized carbons (Fsp3) is 0.710. The Hall–Kier alpha value is -3.21. The van der Waals surface area contributed by atoms with Gasteiger partial charge >= 0.3 is 29.8 Å². The molecule has 1 heterocycles.